The summed E-state index contributed by atoms with van der Waals surface area (Å²) < 4.78 is 0. The number of nitrogens with zero attached hydrogens (tertiary/aromatic N) is 1. The highest BCUT2D eigenvalue weighted by atomic mass is 32.1. The van der Waals surface area contributed by atoms with Gasteiger partial charge >= 0.3 is 5.97 Å². The molecular formula is C7H10N2O2S. The van der Waals surface area contributed by atoms with E-state index >= 15 is 0 Å². The summed E-state index contributed by atoms with van der Waals surface area (Å²) in [6.45, 7) is 1.97. The number of aryl methyl sites for hydroxylation is 1. The minimum atomic E-state index is -0.937. The van der Waals surface area contributed by atoms with Gasteiger partial charge in [-0.1, -0.05) is 24.7 Å². The molecule has 1 rings (SSSR count). The Labute approximate surface area is 74.0 Å². The minimum absolute atomic E-state index is 0.273. The van der Waals surface area contributed by atoms with Crippen LogP contribution in [0.5, 0.6) is 0 Å². The third-order valence-electron chi connectivity index (χ3n) is 1.39. The van der Waals surface area contributed by atoms with Crippen molar-refractivity contribution in [3.05, 3.63) is 10.6 Å². The highest BCUT2D eigenvalue weighted by molar-refractivity contribution is 7.17. The molecule has 0 atom stereocenters. The second-order valence-electron chi connectivity index (χ2n) is 2.38. The van der Waals surface area contributed by atoms with Gasteiger partial charge in [-0.15, -0.1) is 0 Å². The summed E-state index contributed by atoms with van der Waals surface area (Å²) in [5.41, 5.74) is 6.00. The van der Waals surface area contributed by atoms with Gasteiger partial charge in [0.15, 0.2) is 5.13 Å². The van der Waals surface area contributed by atoms with Crippen molar-refractivity contribution in [1.82, 2.24) is 4.98 Å². The normalized spacial score (nSPS) is 10.1. The Kier molecular flexibility index (Phi) is 2.65. The lowest BCUT2D eigenvalue weighted by atomic mass is 10.2. The number of aromatic nitrogens is 1. The third kappa shape index (κ3) is 1.73. The number of carbonyl (C=O) groups is 1. The van der Waals surface area contributed by atoms with Crippen LogP contribution in [0.3, 0.4) is 0 Å². The van der Waals surface area contributed by atoms with Crippen molar-refractivity contribution >= 4 is 22.4 Å². The molecule has 0 aliphatic rings. The fraction of sp³-hybridized carbons (Fsp3) is 0.429. The molecule has 12 heavy (non-hydrogen) atoms. The quantitative estimate of drug-likeness (QED) is 0.747. The average molecular weight is 186 g/mol. The van der Waals surface area contributed by atoms with Crippen LogP contribution in [0.15, 0.2) is 0 Å². The molecule has 0 fully saturated rings. The molecule has 0 aliphatic carbocycles. The number of rotatable bonds is 3. The van der Waals surface area contributed by atoms with E-state index in [1.165, 1.54) is 0 Å². The summed E-state index contributed by atoms with van der Waals surface area (Å²) >= 11 is 1.03. The maximum Gasteiger partial charge on any atom is 0.347 e. The number of thiazole rings is 1. The van der Waals surface area contributed by atoms with E-state index in [9.17, 15) is 4.79 Å². The van der Waals surface area contributed by atoms with E-state index < -0.39 is 5.97 Å². The first-order valence-corrected chi connectivity index (χ1v) is 4.45. The largest absolute Gasteiger partial charge is 0.477 e. The molecule has 0 unspecified atom stereocenters. The van der Waals surface area contributed by atoms with Gasteiger partial charge in [0.1, 0.15) is 4.88 Å². The van der Waals surface area contributed by atoms with Crippen LogP contribution in [-0.2, 0) is 6.42 Å². The standard InChI is InChI=1S/C7H10N2O2S/c1-2-3-4-5(6(10)11)12-7(8)9-4/h2-3H2,1H3,(H2,8,9)(H,10,11). The molecule has 1 aromatic heterocycles. The predicted octanol–water partition coefficient (Wildman–Crippen LogP) is 1.38. The topological polar surface area (TPSA) is 76.2 Å². The summed E-state index contributed by atoms with van der Waals surface area (Å²) in [6.07, 6.45) is 1.55. The number of aromatic carboxylic acids is 1. The van der Waals surface area contributed by atoms with Crippen LogP contribution >= 0.6 is 11.3 Å². The van der Waals surface area contributed by atoms with Crippen LogP contribution in [0.1, 0.15) is 28.7 Å². The van der Waals surface area contributed by atoms with Crippen molar-refractivity contribution in [2.75, 3.05) is 5.73 Å². The SMILES string of the molecule is CCCc1nc(N)sc1C(=O)O. The fourth-order valence-corrected chi connectivity index (χ4v) is 1.66. The summed E-state index contributed by atoms with van der Waals surface area (Å²) in [5, 5.41) is 9.05. The highest BCUT2D eigenvalue weighted by Crippen LogP contribution is 2.21. The average Bonchev–Trinajstić information content (AvgIpc) is 2.32. The molecule has 0 aromatic carbocycles. The number of carboxylic acid groups (broad SMARTS) is 1. The summed E-state index contributed by atoms with van der Waals surface area (Å²) in [4.78, 5) is 14.8. The van der Waals surface area contributed by atoms with E-state index in [2.05, 4.69) is 4.98 Å². The molecule has 5 heteroatoms. The number of carboxylic acids is 1. The number of nitrogen functional groups attached to an aromatic ring is 1. The van der Waals surface area contributed by atoms with Crippen molar-refractivity contribution in [1.29, 1.82) is 0 Å². The van der Waals surface area contributed by atoms with Crippen molar-refractivity contribution in [3.63, 3.8) is 0 Å². The second-order valence-corrected chi connectivity index (χ2v) is 3.41. The van der Waals surface area contributed by atoms with Gasteiger partial charge in [-0.05, 0) is 6.42 Å². The third-order valence-corrected chi connectivity index (χ3v) is 2.31. The van der Waals surface area contributed by atoms with Crippen molar-refractivity contribution in [3.8, 4) is 0 Å². The van der Waals surface area contributed by atoms with Gasteiger partial charge in [0, 0.05) is 0 Å². The second kappa shape index (κ2) is 3.53. The Morgan fingerprint density at radius 3 is 2.92 bits per heavy atom. The molecule has 3 N–H and O–H groups in total. The first-order chi connectivity index (χ1) is 5.65. The molecule has 0 bridgehead atoms. The zero-order chi connectivity index (χ0) is 9.14. The van der Waals surface area contributed by atoms with Gasteiger partial charge in [0.25, 0.3) is 0 Å². The maximum atomic E-state index is 10.6. The van der Waals surface area contributed by atoms with Gasteiger partial charge in [0.2, 0.25) is 0 Å². The van der Waals surface area contributed by atoms with Crippen LogP contribution in [-0.4, -0.2) is 16.1 Å². The molecule has 0 saturated carbocycles. The number of hydrogen-bond donors (Lipinski definition) is 2. The van der Waals surface area contributed by atoms with E-state index in [1.807, 2.05) is 6.92 Å². The first kappa shape index (κ1) is 8.99. The van der Waals surface area contributed by atoms with Crippen LogP contribution in [0.2, 0.25) is 0 Å². The number of nitrogens with two attached hydrogens (primary N) is 1. The van der Waals surface area contributed by atoms with Gasteiger partial charge in [-0.3, -0.25) is 0 Å². The lowest BCUT2D eigenvalue weighted by molar-refractivity contribution is 0.0700. The molecule has 0 spiro atoms. The maximum absolute atomic E-state index is 10.6. The zero-order valence-corrected chi connectivity index (χ0v) is 7.52. The Morgan fingerprint density at radius 2 is 2.42 bits per heavy atom. The zero-order valence-electron chi connectivity index (χ0n) is 6.70. The van der Waals surface area contributed by atoms with E-state index in [1.54, 1.807) is 0 Å². The monoisotopic (exact) mass is 186 g/mol. The van der Waals surface area contributed by atoms with Crippen LogP contribution in [0, 0.1) is 0 Å². The van der Waals surface area contributed by atoms with Gasteiger partial charge in [-0.2, -0.15) is 0 Å². The van der Waals surface area contributed by atoms with Gasteiger partial charge in [-0.25, -0.2) is 9.78 Å². The van der Waals surface area contributed by atoms with Crippen LogP contribution in [0.4, 0.5) is 5.13 Å². The molecule has 0 amide bonds. The minimum Gasteiger partial charge on any atom is -0.477 e. The molecule has 0 saturated heterocycles. The molecule has 1 heterocycles. The fourth-order valence-electron chi connectivity index (χ4n) is 0.943. The number of anilines is 1. The first-order valence-electron chi connectivity index (χ1n) is 3.63. The van der Waals surface area contributed by atoms with Crippen molar-refractivity contribution < 1.29 is 9.90 Å². The molecule has 66 valence electrons. The molecular weight excluding hydrogens is 176 g/mol. The molecule has 0 radical (unpaired) electrons. The smallest absolute Gasteiger partial charge is 0.347 e. The van der Waals surface area contributed by atoms with Gasteiger partial charge in [0.05, 0.1) is 5.69 Å². The summed E-state index contributed by atoms with van der Waals surface area (Å²) in [6, 6.07) is 0. The van der Waals surface area contributed by atoms with Gasteiger partial charge < -0.3 is 10.8 Å². The predicted molar refractivity (Wildman–Crippen MR) is 47.5 cm³/mol. The summed E-state index contributed by atoms with van der Waals surface area (Å²) in [5.74, 6) is -0.937. The Bertz CT molecular complexity index is 296. The van der Waals surface area contributed by atoms with Crippen molar-refractivity contribution in [2.24, 2.45) is 0 Å². The Hall–Kier alpha value is -1.10. The Morgan fingerprint density at radius 1 is 1.75 bits per heavy atom. The molecule has 0 aliphatic heterocycles. The Balaban J connectivity index is 2.99. The number of hydrogen-bond acceptors (Lipinski definition) is 4. The lowest BCUT2D eigenvalue weighted by Gasteiger charge is -1.92. The lowest BCUT2D eigenvalue weighted by Crippen LogP contribution is -1.98. The van der Waals surface area contributed by atoms with E-state index in [0.29, 0.717) is 17.2 Å². The highest BCUT2D eigenvalue weighted by Gasteiger charge is 2.14. The van der Waals surface area contributed by atoms with E-state index in [-0.39, 0.29) is 4.88 Å². The van der Waals surface area contributed by atoms with Crippen LogP contribution < -0.4 is 5.73 Å². The van der Waals surface area contributed by atoms with E-state index in [4.69, 9.17) is 10.8 Å². The molecule has 4 nitrogen and oxygen atoms in total. The van der Waals surface area contributed by atoms with Crippen LogP contribution in [0.25, 0.3) is 0 Å². The van der Waals surface area contributed by atoms with E-state index in [0.717, 1.165) is 17.8 Å². The van der Waals surface area contributed by atoms with Crippen molar-refractivity contribution in [2.45, 2.75) is 19.8 Å². The molecule has 1 aromatic rings. The summed E-state index contributed by atoms with van der Waals surface area (Å²) in [7, 11) is 0.